The Kier molecular flexibility index (Phi) is 4.69. The van der Waals surface area contributed by atoms with E-state index in [0.29, 0.717) is 16.9 Å². The number of aliphatic hydroxyl groups is 1. The fourth-order valence-corrected chi connectivity index (χ4v) is 3.33. The van der Waals surface area contributed by atoms with Gasteiger partial charge in [-0.15, -0.1) is 11.3 Å². The average Bonchev–Trinajstić information content (AvgIpc) is 3.33. The molecule has 0 aliphatic rings. The van der Waals surface area contributed by atoms with E-state index in [-0.39, 0.29) is 12.5 Å². The molecule has 6 heteroatoms. The minimum Gasteiger partial charge on any atom is -0.496 e. The number of para-hydroxylation sites is 1. The molecule has 2 aromatic heterocycles. The quantitative estimate of drug-likeness (QED) is 0.722. The maximum Gasteiger partial charge on any atom is 0.255 e. The summed E-state index contributed by atoms with van der Waals surface area (Å²) in [7, 11) is 1.51. The van der Waals surface area contributed by atoms with Gasteiger partial charge in [0.15, 0.2) is 0 Å². The summed E-state index contributed by atoms with van der Waals surface area (Å²) in [5.41, 5.74) is -0.343. The van der Waals surface area contributed by atoms with E-state index in [4.69, 9.17) is 9.15 Å². The van der Waals surface area contributed by atoms with Crippen LogP contribution in [0.25, 0.3) is 0 Å². The second kappa shape index (κ2) is 6.90. The van der Waals surface area contributed by atoms with Gasteiger partial charge in [-0.1, -0.05) is 18.2 Å². The molecule has 2 N–H and O–H groups in total. The monoisotopic (exact) mass is 343 g/mol. The molecule has 0 unspecified atom stereocenters. The Morgan fingerprint density at radius 2 is 2.12 bits per heavy atom. The van der Waals surface area contributed by atoms with E-state index in [1.165, 1.54) is 31.0 Å². The van der Waals surface area contributed by atoms with E-state index in [0.717, 1.165) is 4.88 Å². The number of benzene rings is 1. The fourth-order valence-electron chi connectivity index (χ4n) is 2.48. The number of ether oxygens (including phenoxy) is 1. The van der Waals surface area contributed by atoms with E-state index in [2.05, 4.69) is 5.32 Å². The Balaban J connectivity index is 1.83. The summed E-state index contributed by atoms with van der Waals surface area (Å²) in [5.74, 6) is 0.170. The number of nitrogens with one attached hydrogen (secondary N) is 1. The lowest BCUT2D eigenvalue weighted by Crippen LogP contribution is -2.41. The molecule has 0 saturated carbocycles. The number of rotatable bonds is 6. The molecule has 24 heavy (non-hydrogen) atoms. The van der Waals surface area contributed by atoms with Crippen LogP contribution in [0.5, 0.6) is 5.75 Å². The van der Waals surface area contributed by atoms with Crippen LogP contribution in [0.2, 0.25) is 0 Å². The molecule has 0 bridgehead atoms. The van der Waals surface area contributed by atoms with Crippen molar-refractivity contribution in [1.29, 1.82) is 0 Å². The molecule has 0 fully saturated rings. The number of furan rings is 1. The van der Waals surface area contributed by atoms with Gasteiger partial charge in [-0.2, -0.15) is 0 Å². The van der Waals surface area contributed by atoms with Crippen molar-refractivity contribution in [2.24, 2.45) is 0 Å². The summed E-state index contributed by atoms with van der Waals surface area (Å²) in [5, 5.41) is 15.8. The number of carbonyl (C=O) groups excluding carboxylic acids is 1. The summed E-state index contributed by atoms with van der Waals surface area (Å²) >= 11 is 1.42. The lowest BCUT2D eigenvalue weighted by Gasteiger charge is -2.26. The summed E-state index contributed by atoms with van der Waals surface area (Å²) in [6.45, 7) is 0.0178. The van der Waals surface area contributed by atoms with Crippen LogP contribution in [0.15, 0.2) is 64.8 Å². The van der Waals surface area contributed by atoms with Crippen LogP contribution in [0.4, 0.5) is 0 Å². The number of carbonyl (C=O) groups is 1. The number of amides is 1. The average molecular weight is 343 g/mol. The lowest BCUT2D eigenvalue weighted by molar-refractivity contribution is 0.0712. The highest BCUT2D eigenvalue weighted by Gasteiger charge is 2.34. The van der Waals surface area contributed by atoms with Crippen LogP contribution in [-0.2, 0) is 5.60 Å². The lowest BCUT2D eigenvalue weighted by atomic mass is 9.94. The molecule has 2 heterocycles. The van der Waals surface area contributed by atoms with Crippen LogP contribution in [0, 0.1) is 0 Å². The van der Waals surface area contributed by atoms with Gasteiger partial charge in [-0.3, -0.25) is 4.79 Å². The predicted molar refractivity (Wildman–Crippen MR) is 91.4 cm³/mol. The standard InChI is InChI=1S/C18H17NO4S/c1-22-15-6-3-2-5-14(15)17(20)19-12-18(21,13-8-9-23-11-13)16-7-4-10-24-16/h2-11,21H,12H2,1H3,(H,19,20)/t18-/m1/s1. The number of methoxy groups -OCH3 is 1. The molecule has 0 saturated heterocycles. The number of thiophene rings is 1. The van der Waals surface area contributed by atoms with E-state index in [9.17, 15) is 9.90 Å². The third-order valence-electron chi connectivity index (χ3n) is 3.78. The second-order valence-corrected chi connectivity index (χ2v) is 6.18. The van der Waals surface area contributed by atoms with Crippen LogP contribution >= 0.6 is 11.3 Å². The third kappa shape index (κ3) is 3.06. The van der Waals surface area contributed by atoms with Crippen molar-refractivity contribution in [3.05, 3.63) is 76.4 Å². The SMILES string of the molecule is COc1ccccc1C(=O)NC[C@@](O)(c1ccoc1)c1cccs1. The van der Waals surface area contributed by atoms with E-state index in [1.807, 2.05) is 17.5 Å². The van der Waals surface area contributed by atoms with Crippen LogP contribution in [0.1, 0.15) is 20.8 Å². The largest absolute Gasteiger partial charge is 0.496 e. The zero-order chi connectivity index (χ0) is 17.0. The first-order valence-corrected chi connectivity index (χ1v) is 8.23. The Hall–Kier alpha value is -2.57. The first-order valence-electron chi connectivity index (χ1n) is 7.35. The van der Waals surface area contributed by atoms with Crippen molar-refractivity contribution >= 4 is 17.2 Å². The molecule has 5 nitrogen and oxygen atoms in total. The van der Waals surface area contributed by atoms with Crippen LogP contribution in [-0.4, -0.2) is 24.7 Å². The minimum atomic E-state index is -1.35. The van der Waals surface area contributed by atoms with E-state index < -0.39 is 5.60 Å². The Morgan fingerprint density at radius 1 is 1.29 bits per heavy atom. The van der Waals surface area contributed by atoms with Gasteiger partial charge in [0.25, 0.3) is 5.91 Å². The zero-order valence-electron chi connectivity index (χ0n) is 13.1. The molecule has 0 aliphatic heterocycles. The smallest absolute Gasteiger partial charge is 0.255 e. The first kappa shape index (κ1) is 16.3. The number of hydrogen-bond donors (Lipinski definition) is 2. The summed E-state index contributed by atoms with van der Waals surface area (Å²) < 4.78 is 10.3. The maximum absolute atomic E-state index is 12.5. The molecule has 0 radical (unpaired) electrons. The van der Waals surface area contributed by atoms with Crippen molar-refractivity contribution in [2.75, 3.05) is 13.7 Å². The summed E-state index contributed by atoms with van der Waals surface area (Å²) in [6.07, 6.45) is 2.98. The van der Waals surface area contributed by atoms with Crippen molar-refractivity contribution in [1.82, 2.24) is 5.32 Å². The zero-order valence-corrected chi connectivity index (χ0v) is 13.9. The highest BCUT2D eigenvalue weighted by Crippen LogP contribution is 2.32. The van der Waals surface area contributed by atoms with Crippen molar-refractivity contribution in [3.63, 3.8) is 0 Å². The summed E-state index contributed by atoms with van der Waals surface area (Å²) in [4.78, 5) is 13.2. The highest BCUT2D eigenvalue weighted by atomic mass is 32.1. The van der Waals surface area contributed by atoms with Gasteiger partial charge in [0.2, 0.25) is 0 Å². The predicted octanol–water partition coefficient (Wildman–Crippen LogP) is 3.02. The van der Waals surface area contributed by atoms with Crippen molar-refractivity contribution in [2.45, 2.75) is 5.60 Å². The van der Waals surface area contributed by atoms with Crippen LogP contribution < -0.4 is 10.1 Å². The Bertz CT molecular complexity index is 762. The molecule has 1 atom stereocenters. The Morgan fingerprint density at radius 3 is 2.79 bits per heavy atom. The normalized spacial score (nSPS) is 13.2. The van der Waals surface area contributed by atoms with Gasteiger partial charge < -0.3 is 19.6 Å². The molecule has 124 valence electrons. The second-order valence-electron chi connectivity index (χ2n) is 5.23. The van der Waals surface area contributed by atoms with Gasteiger partial charge in [-0.25, -0.2) is 0 Å². The molecule has 0 aliphatic carbocycles. The topological polar surface area (TPSA) is 71.7 Å². The van der Waals surface area contributed by atoms with E-state index in [1.54, 1.807) is 30.3 Å². The summed E-state index contributed by atoms with van der Waals surface area (Å²) in [6, 6.07) is 12.3. The Labute approximate surface area is 143 Å². The molecular weight excluding hydrogens is 326 g/mol. The van der Waals surface area contributed by atoms with Gasteiger partial charge in [0.1, 0.15) is 11.4 Å². The molecule has 3 aromatic rings. The molecule has 1 amide bonds. The van der Waals surface area contributed by atoms with Gasteiger partial charge in [0.05, 0.1) is 31.7 Å². The number of hydrogen-bond acceptors (Lipinski definition) is 5. The van der Waals surface area contributed by atoms with Gasteiger partial charge >= 0.3 is 0 Å². The van der Waals surface area contributed by atoms with Gasteiger partial charge in [-0.05, 0) is 29.6 Å². The maximum atomic E-state index is 12.5. The molecule has 3 rings (SSSR count). The minimum absolute atomic E-state index is 0.0178. The van der Waals surface area contributed by atoms with Gasteiger partial charge in [0, 0.05) is 10.4 Å². The fraction of sp³-hybridized carbons (Fsp3) is 0.167. The van der Waals surface area contributed by atoms with E-state index >= 15 is 0 Å². The van der Waals surface area contributed by atoms with Crippen molar-refractivity contribution in [3.8, 4) is 5.75 Å². The molecule has 0 spiro atoms. The first-order chi connectivity index (χ1) is 11.6. The van der Waals surface area contributed by atoms with Crippen LogP contribution in [0.3, 0.4) is 0 Å². The molecular formula is C18H17NO4S. The molecule has 1 aromatic carbocycles. The highest BCUT2D eigenvalue weighted by molar-refractivity contribution is 7.10. The third-order valence-corrected chi connectivity index (χ3v) is 4.80. The van der Waals surface area contributed by atoms with Crippen molar-refractivity contribution < 1.29 is 19.1 Å².